The van der Waals surface area contributed by atoms with E-state index in [1.807, 2.05) is 55.5 Å². The minimum Gasteiger partial charge on any atom is -0.496 e. The molecule has 0 saturated carbocycles. The van der Waals surface area contributed by atoms with Crippen molar-refractivity contribution in [2.24, 2.45) is 5.16 Å². The van der Waals surface area contributed by atoms with Gasteiger partial charge in [0, 0.05) is 5.56 Å². The molecule has 2 aromatic carbocycles. The third kappa shape index (κ3) is 5.54. The maximum Gasteiger partial charge on any atom is 0.151 e. The Hall–Kier alpha value is -2.69. The third-order valence-electron chi connectivity index (χ3n) is 2.98. The van der Waals surface area contributed by atoms with Gasteiger partial charge in [-0.3, -0.25) is 0 Å². The van der Waals surface area contributed by atoms with Crippen molar-refractivity contribution < 1.29 is 19.0 Å². The maximum absolute atomic E-state index is 5.56. The molecule has 0 aliphatic carbocycles. The fourth-order valence-corrected chi connectivity index (χ4v) is 1.92. The van der Waals surface area contributed by atoms with Crippen molar-refractivity contribution in [1.29, 1.82) is 0 Å². The second-order valence-electron chi connectivity index (χ2n) is 4.56. The highest BCUT2D eigenvalue weighted by atomic mass is 16.6. The van der Waals surface area contributed by atoms with Gasteiger partial charge in [0.1, 0.15) is 23.9 Å². The van der Waals surface area contributed by atoms with E-state index in [0.717, 1.165) is 22.8 Å². The fourth-order valence-electron chi connectivity index (χ4n) is 1.92. The first-order valence-electron chi connectivity index (χ1n) is 7.47. The molecule has 0 heterocycles. The molecular formula is C18H21NO4. The average molecular weight is 315 g/mol. The minimum absolute atomic E-state index is 0.360. The van der Waals surface area contributed by atoms with Crippen LogP contribution in [-0.4, -0.2) is 33.1 Å². The minimum atomic E-state index is 0.360. The lowest BCUT2D eigenvalue weighted by atomic mass is 10.2. The number of methoxy groups -OCH3 is 1. The Morgan fingerprint density at radius 2 is 1.61 bits per heavy atom. The van der Waals surface area contributed by atoms with Crippen molar-refractivity contribution >= 4 is 6.21 Å². The van der Waals surface area contributed by atoms with E-state index in [2.05, 4.69) is 5.16 Å². The van der Waals surface area contributed by atoms with Gasteiger partial charge in [-0.1, -0.05) is 17.3 Å². The Balaban J connectivity index is 1.70. The van der Waals surface area contributed by atoms with Crippen LogP contribution in [0.2, 0.25) is 0 Å². The Bertz CT molecular complexity index is 611. The average Bonchev–Trinajstić information content (AvgIpc) is 2.60. The zero-order valence-electron chi connectivity index (χ0n) is 13.4. The lowest BCUT2D eigenvalue weighted by Gasteiger charge is -2.07. The van der Waals surface area contributed by atoms with Gasteiger partial charge in [0.15, 0.2) is 6.61 Å². The summed E-state index contributed by atoms with van der Waals surface area (Å²) in [5, 5.41) is 3.91. The van der Waals surface area contributed by atoms with Crippen molar-refractivity contribution in [1.82, 2.24) is 0 Å². The van der Waals surface area contributed by atoms with Gasteiger partial charge in [-0.2, -0.15) is 0 Å². The first-order chi connectivity index (χ1) is 11.3. The second-order valence-corrected chi connectivity index (χ2v) is 4.56. The standard InChI is InChI=1S/C18H21NO4/c1-3-21-16-8-10-17(11-9-16)22-12-13-23-19-14-15-6-4-5-7-18(15)20-2/h4-11,14H,3,12-13H2,1-2H3. The topological polar surface area (TPSA) is 49.3 Å². The van der Waals surface area contributed by atoms with E-state index in [-0.39, 0.29) is 0 Å². The quantitative estimate of drug-likeness (QED) is 0.403. The summed E-state index contributed by atoms with van der Waals surface area (Å²) in [6.45, 7) is 3.38. The number of nitrogens with zero attached hydrogens (tertiary/aromatic N) is 1. The van der Waals surface area contributed by atoms with E-state index >= 15 is 0 Å². The molecule has 0 N–H and O–H groups in total. The van der Waals surface area contributed by atoms with Crippen LogP contribution in [0.4, 0.5) is 0 Å². The molecule has 0 aliphatic heterocycles. The summed E-state index contributed by atoms with van der Waals surface area (Å²) in [5.74, 6) is 2.36. The number of hydrogen-bond acceptors (Lipinski definition) is 5. The Morgan fingerprint density at radius 3 is 2.30 bits per heavy atom. The molecular weight excluding hydrogens is 294 g/mol. The van der Waals surface area contributed by atoms with E-state index < -0.39 is 0 Å². The van der Waals surface area contributed by atoms with Crippen molar-refractivity contribution in [2.45, 2.75) is 6.92 Å². The molecule has 0 bridgehead atoms. The molecule has 0 unspecified atom stereocenters. The number of benzene rings is 2. The molecule has 2 rings (SSSR count). The predicted octanol–water partition coefficient (Wildman–Crippen LogP) is 3.52. The first-order valence-corrected chi connectivity index (χ1v) is 7.47. The lowest BCUT2D eigenvalue weighted by molar-refractivity contribution is 0.108. The number of ether oxygens (including phenoxy) is 3. The maximum atomic E-state index is 5.56. The van der Waals surface area contributed by atoms with Crippen LogP contribution >= 0.6 is 0 Å². The van der Waals surface area contributed by atoms with E-state index in [1.165, 1.54) is 0 Å². The second kappa shape index (κ2) is 9.35. The number of oxime groups is 1. The SMILES string of the molecule is CCOc1ccc(OCCON=Cc2ccccc2OC)cc1. The Kier molecular flexibility index (Phi) is 6.78. The van der Waals surface area contributed by atoms with Crippen molar-refractivity contribution in [2.75, 3.05) is 26.9 Å². The Labute approximate surface area is 136 Å². The molecule has 5 heteroatoms. The van der Waals surface area contributed by atoms with Crippen molar-refractivity contribution in [3.8, 4) is 17.2 Å². The van der Waals surface area contributed by atoms with Crippen LogP contribution in [0.1, 0.15) is 12.5 Å². The summed E-state index contributed by atoms with van der Waals surface area (Å²) in [6.07, 6.45) is 1.62. The number of rotatable bonds is 9. The molecule has 0 amide bonds. The fraction of sp³-hybridized carbons (Fsp3) is 0.278. The van der Waals surface area contributed by atoms with Crippen molar-refractivity contribution in [3.05, 3.63) is 54.1 Å². The molecule has 0 spiro atoms. The molecule has 0 atom stereocenters. The molecule has 2 aromatic rings. The smallest absolute Gasteiger partial charge is 0.151 e. The normalized spacial score (nSPS) is 10.5. The summed E-state index contributed by atoms with van der Waals surface area (Å²) >= 11 is 0. The van der Waals surface area contributed by atoms with Crippen LogP contribution in [0, 0.1) is 0 Å². The highest BCUT2D eigenvalue weighted by Gasteiger charge is 1.98. The highest BCUT2D eigenvalue weighted by Crippen LogP contribution is 2.17. The largest absolute Gasteiger partial charge is 0.496 e. The van der Waals surface area contributed by atoms with Crippen LogP contribution in [0.3, 0.4) is 0 Å². The van der Waals surface area contributed by atoms with Gasteiger partial charge in [0.2, 0.25) is 0 Å². The molecule has 0 aromatic heterocycles. The van der Waals surface area contributed by atoms with Crippen LogP contribution in [0.5, 0.6) is 17.2 Å². The van der Waals surface area contributed by atoms with Gasteiger partial charge >= 0.3 is 0 Å². The first kappa shape index (κ1) is 16.7. The zero-order chi connectivity index (χ0) is 16.3. The Morgan fingerprint density at radius 1 is 0.913 bits per heavy atom. The van der Waals surface area contributed by atoms with E-state index in [1.54, 1.807) is 13.3 Å². The van der Waals surface area contributed by atoms with Gasteiger partial charge in [0.05, 0.1) is 19.9 Å². The van der Waals surface area contributed by atoms with Crippen molar-refractivity contribution in [3.63, 3.8) is 0 Å². The zero-order valence-corrected chi connectivity index (χ0v) is 13.4. The van der Waals surface area contributed by atoms with Gasteiger partial charge in [-0.15, -0.1) is 0 Å². The molecule has 122 valence electrons. The van der Waals surface area contributed by atoms with Gasteiger partial charge in [-0.05, 0) is 43.3 Å². The summed E-state index contributed by atoms with van der Waals surface area (Å²) in [5.41, 5.74) is 0.863. The van der Waals surface area contributed by atoms with Gasteiger partial charge < -0.3 is 19.0 Å². The molecule has 0 fully saturated rings. The summed E-state index contributed by atoms with van der Waals surface area (Å²) in [7, 11) is 1.62. The summed E-state index contributed by atoms with van der Waals surface area (Å²) in [4.78, 5) is 5.19. The number of hydrogen-bond donors (Lipinski definition) is 0. The molecule has 23 heavy (non-hydrogen) atoms. The van der Waals surface area contributed by atoms with Gasteiger partial charge in [-0.25, -0.2) is 0 Å². The molecule has 0 saturated heterocycles. The monoisotopic (exact) mass is 315 g/mol. The lowest BCUT2D eigenvalue weighted by Crippen LogP contribution is -2.04. The molecule has 0 aliphatic rings. The summed E-state index contributed by atoms with van der Waals surface area (Å²) in [6, 6.07) is 15.1. The van der Waals surface area contributed by atoms with Crippen LogP contribution in [0.25, 0.3) is 0 Å². The third-order valence-corrected chi connectivity index (χ3v) is 2.98. The van der Waals surface area contributed by atoms with E-state index in [4.69, 9.17) is 19.0 Å². The van der Waals surface area contributed by atoms with Crippen LogP contribution in [-0.2, 0) is 4.84 Å². The molecule has 0 radical (unpaired) electrons. The molecule has 5 nitrogen and oxygen atoms in total. The van der Waals surface area contributed by atoms with Gasteiger partial charge in [0.25, 0.3) is 0 Å². The van der Waals surface area contributed by atoms with E-state index in [9.17, 15) is 0 Å². The van der Waals surface area contributed by atoms with E-state index in [0.29, 0.717) is 19.8 Å². The number of para-hydroxylation sites is 1. The predicted molar refractivity (Wildman–Crippen MR) is 89.6 cm³/mol. The van der Waals surface area contributed by atoms with Crippen LogP contribution in [0.15, 0.2) is 53.7 Å². The highest BCUT2D eigenvalue weighted by molar-refractivity contribution is 5.82. The summed E-state index contributed by atoms with van der Waals surface area (Å²) < 4.78 is 16.2. The van der Waals surface area contributed by atoms with Crippen LogP contribution < -0.4 is 14.2 Å².